The number of imidazole rings is 1. The molecule has 8 heteroatoms. The molecule has 0 saturated carbocycles. The molecule has 0 radical (unpaired) electrons. The van der Waals surface area contributed by atoms with Gasteiger partial charge in [-0.05, 0) is 42.0 Å². The number of hydrogen-bond acceptors (Lipinski definition) is 5. The number of ether oxygens (including phenoxy) is 1. The minimum Gasteiger partial charge on any atom is -0.497 e. The summed E-state index contributed by atoms with van der Waals surface area (Å²) in [5.74, 6) is 1.27. The van der Waals surface area contributed by atoms with Gasteiger partial charge in [0.15, 0.2) is 11.2 Å². The van der Waals surface area contributed by atoms with E-state index in [1.807, 2.05) is 54.6 Å². The van der Waals surface area contributed by atoms with Crippen molar-refractivity contribution in [3.05, 3.63) is 111 Å². The molecule has 0 amide bonds. The lowest BCUT2D eigenvalue weighted by atomic mass is 10.2. The lowest BCUT2D eigenvalue weighted by molar-refractivity contribution is 0.414. The van der Waals surface area contributed by atoms with E-state index in [4.69, 9.17) is 9.15 Å². The van der Waals surface area contributed by atoms with Gasteiger partial charge in [-0.1, -0.05) is 30.3 Å². The second kappa shape index (κ2) is 8.07. The summed E-state index contributed by atoms with van der Waals surface area (Å²) in [7, 11) is 1.61. The first-order chi connectivity index (χ1) is 15.7. The highest BCUT2D eigenvalue weighted by Gasteiger charge is 2.20. The van der Waals surface area contributed by atoms with Gasteiger partial charge in [0.05, 0.1) is 31.9 Å². The van der Waals surface area contributed by atoms with E-state index in [-0.39, 0.29) is 6.54 Å². The first kappa shape index (κ1) is 19.6. The third kappa shape index (κ3) is 3.41. The fraction of sp³-hybridized carbons (Fsp3) is 0.125. The van der Waals surface area contributed by atoms with E-state index in [0.717, 1.165) is 11.3 Å². The fourth-order valence-electron chi connectivity index (χ4n) is 3.73. The Hall–Kier alpha value is -4.33. The van der Waals surface area contributed by atoms with Crippen LogP contribution in [-0.4, -0.2) is 25.8 Å². The Kier molecular flexibility index (Phi) is 4.95. The Morgan fingerprint density at radius 3 is 2.41 bits per heavy atom. The van der Waals surface area contributed by atoms with Crippen molar-refractivity contribution in [2.75, 3.05) is 7.11 Å². The summed E-state index contributed by atoms with van der Waals surface area (Å²) in [5.41, 5.74) is 1.37. The van der Waals surface area contributed by atoms with Gasteiger partial charge in [0.25, 0.3) is 5.56 Å². The number of hydrogen-bond donors (Lipinski definition) is 0. The quantitative estimate of drug-likeness (QED) is 0.415. The third-order valence-electron chi connectivity index (χ3n) is 5.32. The zero-order valence-corrected chi connectivity index (χ0v) is 17.3. The molecule has 0 saturated heterocycles. The molecule has 0 aliphatic heterocycles. The molecule has 2 aromatic carbocycles. The number of fused-ring (bicyclic) bond motifs is 1. The van der Waals surface area contributed by atoms with Gasteiger partial charge in [0.1, 0.15) is 11.5 Å². The monoisotopic (exact) mass is 428 g/mol. The van der Waals surface area contributed by atoms with Crippen LogP contribution in [0.2, 0.25) is 0 Å². The summed E-state index contributed by atoms with van der Waals surface area (Å²) in [5, 5.41) is 0. The molecule has 0 aliphatic rings. The number of nitrogens with zero attached hydrogens (tertiary/aromatic N) is 4. The van der Waals surface area contributed by atoms with Gasteiger partial charge in [-0.15, -0.1) is 0 Å². The Bertz CT molecular complexity index is 1480. The molecule has 160 valence electrons. The molecule has 5 rings (SSSR count). The van der Waals surface area contributed by atoms with Crippen molar-refractivity contribution in [3.63, 3.8) is 0 Å². The smallest absolute Gasteiger partial charge is 0.337 e. The summed E-state index contributed by atoms with van der Waals surface area (Å²) < 4.78 is 15.0. The molecule has 32 heavy (non-hydrogen) atoms. The normalized spacial score (nSPS) is 11.2. The molecule has 0 fully saturated rings. The van der Waals surface area contributed by atoms with E-state index in [1.54, 1.807) is 30.1 Å². The minimum atomic E-state index is -0.472. The van der Waals surface area contributed by atoms with Crippen LogP contribution in [0, 0.1) is 0 Å². The van der Waals surface area contributed by atoms with Crippen molar-refractivity contribution in [2.24, 2.45) is 0 Å². The highest BCUT2D eigenvalue weighted by Crippen LogP contribution is 2.17. The predicted octanol–water partition coefficient (Wildman–Crippen LogP) is 3.05. The molecular weight excluding hydrogens is 408 g/mol. The van der Waals surface area contributed by atoms with Crippen LogP contribution in [0.15, 0.2) is 93.3 Å². The molecule has 3 heterocycles. The molecule has 8 nitrogen and oxygen atoms in total. The van der Waals surface area contributed by atoms with Gasteiger partial charge in [-0.3, -0.25) is 9.36 Å². The van der Waals surface area contributed by atoms with Crippen LogP contribution < -0.4 is 16.0 Å². The summed E-state index contributed by atoms with van der Waals surface area (Å²) in [6.45, 7) is 0.449. The van der Waals surface area contributed by atoms with Crippen LogP contribution in [-0.2, 0) is 13.1 Å². The molecule has 0 bridgehead atoms. The fourth-order valence-corrected chi connectivity index (χ4v) is 3.73. The second-order valence-corrected chi connectivity index (χ2v) is 7.32. The number of methoxy groups -OCH3 is 1. The SMILES string of the molecule is COc1ccc(Cn2cnc3c2c(=O)n(Cc2ccco2)c(=O)n3-c2ccccc2)cc1. The standard InChI is InChI=1S/C24H20N4O4/c1-31-19-11-9-17(10-12-19)14-26-16-25-22-21(26)23(29)27(15-20-8-5-13-32-20)24(30)28(22)18-6-3-2-4-7-18/h2-13,16H,14-15H2,1H3. The number of para-hydroxylation sites is 1. The van der Waals surface area contributed by atoms with Crippen molar-refractivity contribution < 1.29 is 9.15 Å². The van der Waals surface area contributed by atoms with Gasteiger partial charge in [-0.2, -0.15) is 0 Å². The minimum absolute atomic E-state index is 0.0289. The molecule has 0 unspecified atom stereocenters. The van der Waals surface area contributed by atoms with Gasteiger partial charge < -0.3 is 13.7 Å². The number of benzene rings is 2. The van der Waals surface area contributed by atoms with Gasteiger partial charge in [-0.25, -0.2) is 14.3 Å². The molecule has 5 aromatic rings. The number of furan rings is 1. The maximum absolute atomic E-state index is 13.5. The highest BCUT2D eigenvalue weighted by atomic mass is 16.5. The van der Waals surface area contributed by atoms with E-state index in [1.165, 1.54) is 15.4 Å². The van der Waals surface area contributed by atoms with Crippen molar-refractivity contribution in [3.8, 4) is 11.4 Å². The van der Waals surface area contributed by atoms with Crippen LogP contribution in [0.1, 0.15) is 11.3 Å². The average Bonchev–Trinajstić information content (AvgIpc) is 3.48. The Morgan fingerprint density at radius 1 is 0.938 bits per heavy atom. The molecule has 0 atom stereocenters. The molecule has 0 N–H and O–H groups in total. The van der Waals surface area contributed by atoms with Crippen molar-refractivity contribution in [2.45, 2.75) is 13.1 Å². The van der Waals surface area contributed by atoms with Gasteiger partial charge in [0, 0.05) is 6.54 Å². The summed E-state index contributed by atoms with van der Waals surface area (Å²) in [6, 6.07) is 20.2. The highest BCUT2D eigenvalue weighted by molar-refractivity contribution is 5.72. The second-order valence-electron chi connectivity index (χ2n) is 7.32. The van der Waals surface area contributed by atoms with Crippen molar-refractivity contribution in [1.29, 1.82) is 0 Å². The van der Waals surface area contributed by atoms with Gasteiger partial charge >= 0.3 is 5.69 Å². The van der Waals surface area contributed by atoms with E-state index in [0.29, 0.717) is 29.2 Å². The van der Waals surface area contributed by atoms with Crippen LogP contribution in [0.25, 0.3) is 16.9 Å². The number of rotatable bonds is 6. The number of aromatic nitrogens is 4. The topological polar surface area (TPSA) is 84.2 Å². The first-order valence-electron chi connectivity index (χ1n) is 10.1. The zero-order valence-electron chi connectivity index (χ0n) is 17.3. The maximum Gasteiger partial charge on any atom is 0.337 e. The Labute approximate surface area is 182 Å². The van der Waals surface area contributed by atoms with Crippen LogP contribution in [0.4, 0.5) is 0 Å². The van der Waals surface area contributed by atoms with Gasteiger partial charge in [0.2, 0.25) is 0 Å². The van der Waals surface area contributed by atoms with Crippen molar-refractivity contribution >= 4 is 11.2 Å². The van der Waals surface area contributed by atoms with Crippen LogP contribution in [0.5, 0.6) is 5.75 Å². The largest absolute Gasteiger partial charge is 0.497 e. The summed E-state index contributed by atoms with van der Waals surface area (Å²) in [4.78, 5) is 31.3. The van der Waals surface area contributed by atoms with Crippen LogP contribution in [0.3, 0.4) is 0 Å². The van der Waals surface area contributed by atoms with Crippen LogP contribution >= 0.6 is 0 Å². The average molecular weight is 428 g/mol. The molecular formula is C24H20N4O4. The third-order valence-corrected chi connectivity index (χ3v) is 5.32. The van der Waals surface area contributed by atoms with E-state index >= 15 is 0 Å². The van der Waals surface area contributed by atoms with E-state index in [2.05, 4.69) is 4.98 Å². The Balaban J connectivity index is 1.72. The molecule has 0 aliphatic carbocycles. The first-order valence-corrected chi connectivity index (χ1v) is 10.1. The summed E-state index contributed by atoms with van der Waals surface area (Å²) >= 11 is 0. The molecule has 3 aromatic heterocycles. The van der Waals surface area contributed by atoms with Crippen molar-refractivity contribution in [1.82, 2.24) is 18.7 Å². The molecule has 0 spiro atoms. The predicted molar refractivity (Wildman–Crippen MR) is 119 cm³/mol. The zero-order chi connectivity index (χ0) is 22.1. The lowest BCUT2D eigenvalue weighted by Gasteiger charge is -2.12. The Morgan fingerprint density at radius 2 is 1.72 bits per heavy atom. The van der Waals surface area contributed by atoms with E-state index < -0.39 is 11.2 Å². The maximum atomic E-state index is 13.5. The van der Waals surface area contributed by atoms with E-state index in [9.17, 15) is 9.59 Å². The summed E-state index contributed by atoms with van der Waals surface area (Å²) in [6.07, 6.45) is 3.11. The lowest BCUT2D eigenvalue weighted by Crippen LogP contribution is -2.40.